The van der Waals surface area contributed by atoms with Gasteiger partial charge in [-0.3, -0.25) is 19.2 Å². The topological polar surface area (TPSA) is 166 Å². The van der Waals surface area contributed by atoms with Gasteiger partial charge in [0.2, 0.25) is 0 Å². The van der Waals surface area contributed by atoms with E-state index < -0.39 is 89.3 Å². The van der Waals surface area contributed by atoms with E-state index in [1.54, 1.807) is 0 Å². The van der Waals surface area contributed by atoms with Crippen molar-refractivity contribution in [1.82, 2.24) is 0 Å². The molecule has 1 aliphatic heterocycles. The summed E-state index contributed by atoms with van der Waals surface area (Å²) < 4.78 is 22.3. The van der Waals surface area contributed by atoms with Crippen molar-refractivity contribution in [3.8, 4) is 0 Å². The first-order chi connectivity index (χ1) is 14.5. The molecule has 2 saturated carbocycles. The number of esters is 3. The molecule has 3 rings (SSSR count). The Morgan fingerprint density at radius 3 is 2.09 bits per heavy atom. The fourth-order valence-corrected chi connectivity index (χ4v) is 6.11. The van der Waals surface area contributed by atoms with Gasteiger partial charge in [0.05, 0.1) is 29.3 Å². The molecule has 3 N–H and O–H groups in total. The lowest BCUT2D eigenvalue weighted by atomic mass is 9.46. The van der Waals surface area contributed by atoms with Crippen molar-refractivity contribution in [1.29, 1.82) is 0 Å². The molecule has 1 spiro atoms. The first-order valence-corrected chi connectivity index (χ1v) is 10.4. The summed E-state index contributed by atoms with van der Waals surface area (Å²) in [6.07, 6.45) is -7.03. The van der Waals surface area contributed by atoms with Crippen LogP contribution in [0.25, 0.3) is 0 Å². The highest BCUT2D eigenvalue weighted by atomic mass is 16.6. The molecule has 11 heteroatoms. The third-order valence-electron chi connectivity index (χ3n) is 6.98. The molecule has 0 aromatic heterocycles. The average Bonchev–Trinajstić information content (AvgIpc) is 2.80. The summed E-state index contributed by atoms with van der Waals surface area (Å²) in [7, 11) is 0. The summed E-state index contributed by atoms with van der Waals surface area (Å²) in [5.74, 6) is -4.51. The van der Waals surface area contributed by atoms with Gasteiger partial charge in [0.1, 0.15) is 23.7 Å². The van der Waals surface area contributed by atoms with Gasteiger partial charge < -0.3 is 34.3 Å². The largest absolute Gasteiger partial charge is 0.465 e. The van der Waals surface area contributed by atoms with Gasteiger partial charge in [0.25, 0.3) is 0 Å². The number of ketones is 1. The zero-order chi connectivity index (χ0) is 24.4. The molecular formula is C21H30O11. The van der Waals surface area contributed by atoms with Crippen LogP contribution in [-0.4, -0.2) is 86.8 Å². The molecule has 3 fully saturated rings. The monoisotopic (exact) mass is 458 g/mol. The van der Waals surface area contributed by atoms with Crippen molar-refractivity contribution in [2.75, 3.05) is 6.61 Å². The maximum absolute atomic E-state index is 13.6. The fourth-order valence-electron chi connectivity index (χ4n) is 6.11. The van der Waals surface area contributed by atoms with E-state index in [-0.39, 0.29) is 0 Å². The van der Waals surface area contributed by atoms with Crippen LogP contribution in [0.4, 0.5) is 0 Å². The summed E-state index contributed by atoms with van der Waals surface area (Å²) in [4.78, 5) is 49.5. The Morgan fingerprint density at radius 1 is 1.03 bits per heavy atom. The van der Waals surface area contributed by atoms with Crippen LogP contribution in [0.3, 0.4) is 0 Å². The zero-order valence-corrected chi connectivity index (χ0v) is 18.9. The van der Waals surface area contributed by atoms with Crippen LogP contribution in [0.5, 0.6) is 0 Å². The molecule has 8 atom stereocenters. The van der Waals surface area contributed by atoms with Gasteiger partial charge in [-0.05, 0) is 20.8 Å². The van der Waals surface area contributed by atoms with Crippen molar-refractivity contribution >= 4 is 23.7 Å². The predicted octanol–water partition coefficient (Wildman–Crippen LogP) is -0.978. The summed E-state index contributed by atoms with van der Waals surface area (Å²) in [6.45, 7) is 6.81. The van der Waals surface area contributed by atoms with Crippen LogP contribution < -0.4 is 0 Å². The minimum absolute atomic E-state index is 0.409. The van der Waals surface area contributed by atoms with E-state index in [0.717, 1.165) is 20.8 Å². The Morgan fingerprint density at radius 2 is 1.59 bits per heavy atom. The fraction of sp³-hybridized carbons (Fsp3) is 0.810. The van der Waals surface area contributed by atoms with Gasteiger partial charge >= 0.3 is 17.9 Å². The van der Waals surface area contributed by atoms with Crippen molar-refractivity contribution in [3.63, 3.8) is 0 Å². The number of aliphatic hydroxyl groups excluding tert-OH is 2. The van der Waals surface area contributed by atoms with Crippen molar-refractivity contribution in [2.45, 2.75) is 89.2 Å². The number of aliphatic hydroxyl groups is 3. The number of rotatable bonds is 4. The van der Waals surface area contributed by atoms with Gasteiger partial charge in [0, 0.05) is 27.2 Å². The lowest BCUT2D eigenvalue weighted by Crippen LogP contribution is -2.84. The third kappa shape index (κ3) is 3.09. The molecular weight excluding hydrogens is 428 g/mol. The van der Waals surface area contributed by atoms with E-state index in [4.69, 9.17) is 18.9 Å². The Bertz CT molecular complexity index is 849. The summed E-state index contributed by atoms with van der Waals surface area (Å²) in [5, 5.41) is 33.9. The SMILES string of the molecule is CC(=O)OCC12C(OC(C)=O)C(=O)C3C(O)C1(OC3(C)C)C(C)(O)CC(O)C2OC(C)=O. The molecule has 1 saturated heterocycles. The number of carbonyl (C=O) groups excluding carboxylic acids is 4. The van der Waals surface area contributed by atoms with Crippen LogP contribution in [0.1, 0.15) is 48.0 Å². The van der Waals surface area contributed by atoms with E-state index in [1.165, 1.54) is 20.8 Å². The lowest BCUT2D eigenvalue weighted by molar-refractivity contribution is -0.350. The van der Waals surface area contributed by atoms with Crippen molar-refractivity contribution < 1.29 is 53.4 Å². The number of Topliss-reactive ketones (excluding diaryl/α,β-unsaturated/α-hetero) is 1. The molecule has 32 heavy (non-hydrogen) atoms. The standard InChI is InChI=1S/C21H30O11/c1-9(22)29-8-20-16(30-10(2)23)12(25)7-19(6,28)21(20)15(27)13(18(4,5)32-21)14(26)17(20)31-11(3)24/h12-13,15-17,25,27-28H,7-8H2,1-6H3. The van der Waals surface area contributed by atoms with Gasteiger partial charge in [-0.25, -0.2) is 0 Å². The lowest BCUT2D eigenvalue weighted by Gasteiger charge is -2.64. The predicted molar refractivity (Wildman–Crippen MR) is 104 cm³/mol. The summed E-state index contributed by atoms with van der Waals surface area (Å²) >= 11 is 0. The smallest absolute Gasteiger partial charge is 0.303 e. The second-order valence-corrected chi connectivity index (χ2v) is 9.65. The number of carbonyl (C=O) groups is 4. The minimum atomic E-state index is -2.15. The number of fused-ring (bicyclic) bond motifs is 1. The average molecular weight is 458 g/mol. The molecule has 1 heterocycles. The number of hydrogen-bond donors (Lipinski definition) is 3. The van der Waals surface area contributed by atoms with Gasteiger partial charge in [0.15, 0.2) is 11.9 Å². The molecule has 180 valence electrons. The molecule has 11 nitrogen and oxygen atoms in total. The summed E-state index contributed by atoms with van der Waals surface area (Å²) in [6, 6.07) is 0. The highest BCUT2D eigenvalue weighted by Gasteiger charge is 2.87. The molecule has 2 bridgehead atoms. The molecule has 0 aromatic carbocycles. The van der Waals surface area contributed by atoms with Crippen LogP contribution in [-0.2, 0) is 38.1 Å². The molecule has 0 radical (unpaired) electrons. The van der Waals surface area contributed by atoms with E-state index >= 15 is 0 Å². The van der Waals surface area contributed by atoms with E-state index in [9.17, 15) is 34.5 Å². The Balaban J connectivity index is 2.42. The van der Waals surface area contributed by atoms with Crippen LogP contribution in [0.15, 0.2) is 0 Å². The Labute approximate surface area is 185 Å². The molecule has 2 aliphatic carbocycles. The molecule has 3 aliphatic rings. The van der Waals surface area contributed by atoms with Crippen LogP contribution in [0, 0.1) is 11.3 Å². The van der Waals surface area contributed by atoms with Gasteiger partial charge in [-0.15, -0.1) is 0 Å². The molecule has 0 aromatic rings. The second kappa shape index (κ2) is 7.47. The first kappa shape index (κ1) is 24.6. The quantitative estimate of drug-likeness (QED) is 0.350. The molecule has 8 unspecified atom stereocenters. The second-order valence-electron chi connectivity index (χ2n) is 9.65. The van der Waals surface area contributed by atoms with Crippen LogP contribution in [0.2, 0.25) is 0 Å². The van der Waals surface area contributed by atoms with E-state index in [1.807, 2.05) is 0 Å². The van der Waals surface area contributed by atoms with E-state index in [2.05, 4.69) is 0 Å². The highest BCUT2D eigenvalue weighted by Crippen LogP contribution is 2.67. The molecule has 0 amide bonds. The maximum atomic E-state index is 13.6. The maximum Gasteiger partial charge on any atom is 0.303 e. The minimum Gasteiger partial charge on any atom is -0.465 e. The first-order valence-electron chi connectivity index (χ1n) is 10.4. The number of ether oxygens (including phenoxy) is 4. The van der Waals surface area contributed by atoms with E-state index in [0.29, 0.717) is 0 Å². The zero-order valence-electron chi connectivity index (χ0n) is 18.9. The van der Waals surface area contributed by atoms with Crippen LogP contribution >= 0.6 is 0 Å². The highest BCUT2D eigenvalue weighted by molar-refractivity contribution is 5.92. The Kier molecular flexibility index (Phi) is 5.74. The van der Waals surface area contributed by atoms with Crippen molar-refractivity contribution in [2.24, 2.45) is 11.3 Å². The van der Waals surface area contributed by atoms with Gasteiger partial charge in [-0.1, -0.05) is 0 Å². The van der Waals surface area contributed by atoms with Crippen molar-refractivity contribution in [3.05, 3.63) is 0 Å². The van der Waals surface area contributed by atoms with Gasteiger partial charge in [-0.2, -0.15) is 0 Å². The normalized spacial score (nSPS) is 44.4. The Hall–Kier alpha value is -2.08. The number of hydrogen-bond acceptors (Lipinski definition) is 11. The summed E-state index contributed by atoms with van der Waals surface area (Å²) in [5.41, 5.74) is -7.64. The third-order valence-corrected chi connectivity index (χ3v) is 6.98.